The van der Waals surface area contributed by atoms with Crippen molar-refractivity contribution in [1.82, 2.24) is 10.4 Å². The number of aliphatic carboxylic acids is 1. The molecule has 2 aromatic rings. The Kier molecular flexibility index (Phi) is 6.48. The lowest BCUT2D eigenvalue weighted by Crippen LogP contribution is -2.44. The highest BCUT2D eigenvalue weighted by molar-refractivity contribution is 8.26. The molecule has 2 aromatic carbocycles. The Labute approximate surface area is 180 Å². The number of carboxylic acids is 1. The van der Waals surface area contributed by atoms with E-state index in [0.717, 1.165) is 28.9 Å². The van der Waals surface area contributed by atoms with Gasteiger partial charge in [0, 0.05) is 5.56 Å². The molecule has 1 saturated heterocycles. The molecule has 0 aromatic heterocycles. The molecule has 0 spiro atoms. The topological polar surface area (TPSA) is 95.9 Å². The highest BCUT2D eigenvalue weighted by Gasteiger charge is 2.33. The van der Waals surface area contributed by atoms with Crippen LogP contribution in [-0.2, 0) is 9.59 Å². The molecule has 7 nitrogen and oxygen atoms in total. The lowest BCUT2D eigenvalue weighted by molar-refractivity contribution is -0.144. The average molecular weight is 446 g/mol. The summed E-state index contributed by atoms with van der Waals surface area (Å²) in [5.74, 6) is -2.28. The van der Waals surface area contributed by atoms with E-state index in [0.29, 0.717) is 16.2 Å². The van der Waals surface area contributed by atoms with Crippen LogP contribution in [0.4, 0.5) is 4.39 Å². The van der Waals surface area contributed by atoms with Crippen molar-refractivity contribution in [2.75, 3.05) is 0 Å². The van der Waals surface area contributed by atoms with Crippen molar-refractivity contribution in [2.45, 2.75) is 13.0 Å². The molecule has 1 atom stereocenters. The number of carboxylic acid groups (broad SMARTS) is 1. The predicted octanol–water partition coefficient (Wildman–Crippen LogP) is 3.22. The summed E-state index contributed by atoms with van der Waals surface area (Å²) in [4.78, 5) is 36.0. The van der Waals surface area contributed by atoms with Gasteiger partial charge in [-0.25, -0.2) is 9.18 Å². The van der Waals surface area contributed by atoms with E-state index in [1.807, 2.05) is 0 Å². The summed E-state index contributed by atoms with van der Waals surface area (Å²) in [6.07, 6.45) is 0.602. The molecule has 1 aliphatic heterocycles. The van der Waals surface area contributed by atoms with Gasteiger partial charge in [0.05, 0.1) is 4.91 Å². The summed E-state index contributed by atoms with van der Waals surface area (Å²) in [5, 5.41) is 9.84. The van der Waals surface area contributed by atoms with Crippen LogP contribution in [0.3, 0.4) is 0 Å². The molecular formula is C20H15FN2O5S2. The van der Waals surface area contributed by atoms with Crippen molar-refractivity contribution in [2.24, 2.45) is 0 Å². The molecule has 0 radical (unpaired) electrons. The van der Waals surface area contributed by atoms with Crippen LogP contribution in [0, 0.1) is 5.82 Å². The molecule has 0 saturated carbocycles. The molecule has 0 bridgehead atoms. The number of amides is 2. The Hall–Kier alpha value is -3.24. The zero-order valence-corrected chi connectivity index (χ0v) is 17.1. The summed E-state index contributed by atoms with van der Waals surface area (Å²) in [6, 6.07) is 11.4. The molecule has 2 N–H and O–H groups in total. The highest BCUT2D eigenvalue weighted by Crippen LogP contribution is 2.31. The molecule has 1 aliphatic rings. The van der Waals surface area contributed by atoms with Gasteiger partial charge in [0.1, 0.15) is 11.6 Å². The number of hydrogen-bond donors (Lipinski definition) is 2. The quantitative estimate of drug-likeness (QED) is 0.520. The van der Waals surface area contributed by atoms with Crippen molar-refractivity contribution in [3.63, 3.8) is 0 Å². The minimum absolute atomic E-state index is 0.150. The number of benzene rings is 2. The van der Waals surface area contributed by atoms with Gasteiger partial charge in [-0.1, -0.05) is 23.9 Å². The van der Waals surface area contributed by atoms with E-state index in [9.17, 15) is 18.8 Å². The van der Waals surface area contributed by atoms with Gasteiger partial charge in [-0.15, -0.1) is 0 Å². The van der Waals surface area contributed by atoms with E-state index < -0.39 is 29.7 Å². The smallest absolute Gasteiger partial charge is 0.344 e. The molecule has 10 heteroatoms. The molecule has 154 valence electrons. The van der Waals surface area contributed by atoms with Gasteiger partial charge >= 0.3 is 5.97 Å². The maximum Gasteiger partial charge on any atom is 0.344 e. The standard InChI is InChI=1S/C20H15FN2O5S2/c1-11(19(26)27)28-15-8-2-12(3-9-15)10-16-18(25)23(20(29)30-16)22-17(24)13-4-6-14(21)7-5-13/h2-11H,1H3,(H,22,24)(H,26,27)/b16-10+. The number of ether oxygens (including phenoxy) is 1. The largest absolute Gasteiger partial charge is 0.479 e. The molecule has 1 fully saturated rings. The fourth-order valence-corrected chi connectivity index (χ4v) is 3.56. The maximum absolute atomic E-state index is 13.0. The summed E-state index contributed by atoms with van der Waals surface area (Å²) in [7, 11) is 0. The third kappa shape index (κ3) is 5.02. The summed E-state index contributed by atoms with van der Waals surface area (Å²) >= 11 is 6.19. The summed E-state index contributed by atoms with van der Waals surface area (Å²) < 4.78 is 18.4. The van der Waals surface area contributed by atoms with Gasteiger partial charge < -0.3 is 9.84 Å². The monoisotopic (exact) mass is 446 g/mol. The first kappa shape index (κ1) is 21.5. The fraction of sp³-hybridized carbons (Fsp3) is 0.100. The number of carbonyl (C=O) groups excluding carboxylic acids is 2. The molecule has 3 rings (SSSR count). The van der Waals surface area contributed by atoms with Gasteiger partial charge in [-0.05, 0) is 67.2 Å². The summed E-state index contributed by atoms with van der Waals surface area (Å²) in [5.41, 5.74) is 3.26. The first-order valence-corrected chi connectivity index (χ1v) is 9.81. The predicted molar refractivity (Wildman–Crippen MR) is 113 cm³/mol. The lowest BCUT2D eigenvalue weighted by atomic mass is 10.2. The van der Waals surface area contributed by atoms with Crippen LogP contribution >= 0.6 is 24.0 Å². The van der Waals surface area contributed by atoms with Crippen LogP contribution in [-0.4, -0.2) is 38.3 Å². The van der Waals surface area contributed by atoms with Crippen LogP contribution in [0.2, 0.25) is 0 Å². The van der Waals surface area contributed by atoms with E-state index >= 15 is 0 Å². The molecular weight excluding hydrogens is 431 g/mol. The molecule has 2 amide bonds. The van der Waals surface area contributed by atoms with Gasteiger partial charge in [0.2, 0.25) is 0 Å². The van der Waals surface area contributed by atoms with Crippen molar-refractivity contribution in [3.05, 3.63) is 70.4 Å². The van der Waals surface area contributed by atoms with E-state index in [1.165, 1.54) is 19.1 Å². The number of hydrogen-bond acceptors (Lipinski definition) is 6. The van der Waals surface area contributed by atoms with Crippen LogP contribution in [0.1, 0.15) is 22.8 Å². The third-order valence-corrected chi connectivity index (χ3v) is 5.25. The van der Waals surface area contributed by atoms with Crippen LogP contribution in [0.25, 0.3) is 6.08 Å². The Morgan fingerprint density at radius 3 is 2.43 bits per heavy atom. The van der Waals surface area contributed by atoms with Gasteiger partial charge in [0.25, 0.3) is 11.8 Å². The van der Waals surface area contributed by atoms with Gasteiger partial charge in [-0.2, -0.15) is 5.01 Å². The first-order chi connectivity index (χ1) is 14.2. The number of thioether (sulfide) groups is 1. The number of thiocarbonyl (C=S) groups is 1. The van der Waals surface area contributed by atoms with Crippen molar-refractivity contribution < 1.29 is 28.6 Å². The van der Waals surface area contributed by atoms with Crippen molar-refractivity contribution in [3.8, 4) is 5.75 Å². The van der Waals surface area contributed by atoms with E-state index in [4.69, 9.17) is 22.1 Å². The van der Waals surface area contributed by atoms with Gasteiger partial charge in [0.15, 0.2) is 10.4 Å². The minimum Gasteiger partial charge on any atom is -0.479 e. The number of hydrazine groups is 1. The third-order valence-electron chi connectivity index (χ3n) is 3.95. The zero-order chi connectivity index (χ0) is 21.8. The SMILES string of the molecule is CC(Oc1ccc(/C=C2/SC(=S)N(NC(=O)c3ccc(F)cc3)C2=O)cc1)C(=O)O. The van der Waals surface area contributed by atoms with E-state index in [1.54, 1.807) is 30.3 Å². The fourth-order valence-electron chi connectivity index (χ4n) is 2.38. The second-order valence-electron chi connectivity index (χ2n) is 6.13. The van der Waals surface area contributed by atoms with Crippen LogP contribution in [0.5, 0.6) is 5.75 Å². The number of carbonyl (C=O) groups is 3. The number of nitrogens with zero attached hydrogens (tertiary/aromatic N) is 1. The average Bonchev–Trinajstić information content (AvgIpc) is 2.97. The molecule has 1 unspecified atom stereocenters. The maximum atomic E-state index is 13.0. The molecule has 1 heterocycles. The normalized spacial score (nSPS) is 15.9. The second-order valence-corrected chi connectivity index (χ2v) is 7.81. The number of nitrogens with one attached hydrogen (secondary N) is 1. The molecule has 0 aliphatic carbocycles. The summed E-state index contributed by atoms with van der Waals surface area (Å²) in [6.45, 7) is 1.42. The van der Waals surface area contributed by atoms with E-state index in [-0.39, 0.29) is 9.88 Å². The Bertz CT molecular complexity index is 1040. The highest BCUT2D eigenvalue weighted by atomic mass is 32.2. The number of halogens is 1. The Balaban J connectivity index is 1.69. The first-order valence-electron chi connectivity index (χ1n) is 8.58. The number of rotatable bonds is 6. The molecule has 30 heavy (non-hydrogen) atoms. The zero-order valence-electron chi connectivity index (χ0n) is 15.5. The lowest BCUT2D eigenvalue weighted by Gasteiger charge is -2.15. The van der Waals surface area contributed by atoms with Crippen LogP contribution in [0.15, 0.2) is 53.4 Å². The minimum atomic E-state index is -1.08. The Morgan fingerprint density at radius 2 is 1.83 bits per heavy atom. The van der Waals surface area contributed by atoms with Crippen LogP contribution < -0.4 is 10.2 Å². The van der Waals surface area contributed by atoms with Crippen molar-refractivity contribution in [1.29, 1.82) is 0 Å². The van der Waals surface area contributed by atoms with Crippen molar-refractivity contribution >= 4 is 52.2 Å². The second kappa shape index (κ2) is 9.06. The van der Waals surface area contributed by atoms with E-state index in [2.05, 4.69) is 5.43 Å². The van der Waals surface area contributed by atoms with Gasteiger partial charge in [-0.3, -0.25) is 15.0 Å². The Morgan fingerprint density at radius 1 is 1.20 bits per heavy atom.